The number of esters is 1. The fraction of sp³-hybridized carbons (Fsp3) is 0.211. The Bertz CT molecular complexity index is 967. The second-order valence-electron chi connectivity index (χ2n) is 5.78. The monoisotopic (exact) mass is 370 g/mol. The first-order chi connectivity index (χ1) is 12.5. The number of carbonyl (C=O) groups excluding carboxylic acids is 2. The number of amides is 1. The first-order valence-corrected chi connectivity index (χ1v) is 8.85. The number of methoxy groups -OCH3 is 1. The molecule has 0 bridgehead atoms. The smallest absolute Gasteiger partial charge is 0.338 e. The summed E-state index contributed by atoms with van der Waals surface area (Å²) in [5.74, 6) is -0.446. The lowest BCUT2D eigenvalue weighted by Gasteiger charge is -2.15. The van der Waals surface area contributed by atoms with E-state index in [1.165, 1.54) is 25.4 Å². The Morgan fingerprint density at radius 2 is 2.00 bits per heavy atom. The van der Waals surface area contributed by atoms with Gasteiger partial charge in [0.1, 0.15) is 5.75 Å². The van der Waals surface area contributed by atoms with Crippen molar-refractivity contribution in [1.29, 1.82) is 0 Å². The van der Waals surface area contributed by atoms with Crippen LogP contribution in [0, 0.1) is 6.92 Å². The molecule has 134 valence electrons. The number of rotatable bonds is 5. The van der Waals surface area contributed by atoms with Crippen LogP contribution in [0.5, 0.6) is 5.75 Å². The SMILES string of the molecule is COc1ccc(C)cc1NC(=O)[C@@H](C)OC(=O)c1ccc2ncsc2c1. The van der Waals surface area contributed by atoms with Crippen LogP contribution in [0.1, 0.15) is 22.8 Å². The maximum absolute atomic E-state index is 12.4. The molecule has 0 radical (unpaired) electrons. The zero-order valence-corrected chi connectivity index (χ0v) is 15.4. The highest BCUT2D eigenvalue weighted by Gasteiger charge is 2.20. The molecular weight excluding hydrogens is 352 g/mol. The molecule has 0 saturated heterocycles. The van der Waals surface area contributed by atoms with Crippen molar-refractivity contribution < 1.29 is 19.1 Å². The number of carbonyl (C=O) groups is 2. The number of hydrogen-bond donors (Lipinski definition) is 1. The standard InChI is InChI=1S/C19H18N2O4S/c1-11-4-7-16(24-3)15(8-11)21-18(22)12(2)25-19(23)13-5-6-14-17(9-13)26-10-20-14/h4-10,12H,1-3H3,(H,21,22)/t12-/m1/s1. The van der Waals surface area contributed by atoms with Crippen molar-refractivity contribution in [3.05, 3.63) is 53.0 Å². The van der Waals surface area contributed by atoms with Gasteiger partial charge in [-0.1, -0.05) is 6.07 Å². The maximum Gasteiger partial charge on any atom is 0.338 e. The molecule has 1 N–H and O–H groups in total. The third-order valence-corrected chi connectivity index (χ3v) is 4.62. The molecule has 0 unspecified atom stereocenters. The minimum atomic E-state index is -0.954. The van der Waals surface area contributed by atoms with E-state index in [0.29, 0.717) is 17.0 Å². The first-order valence-electron chi connectivity index (χ1n) is 7.97. The molecule has 1 aromatic heterocycles. The van der Waals surface area contributed by atoms with Gasteiger partial charge >= 0.3 is 5.97 Å². The Morgan fingerprint density at radius 3 is 2.77 bits per heavy atom. The Kier molecular flexibility index (Phi) is 5.18. The van der Waals surface area contributed by atoms with Gasteiger partial charge in [-0.15, -0.1) is 11.3 Å². The van der Waals surface area contributed by atoms with Crippen LogP contribution in [-0.2, 0) is 9.53 Å². The number of fused-ring (bicyclic) bond motifs is 1. The van der Waals surface area contributed by atoms with Crippen LogP contribution < -0.4 is 10.1 Å². The number of anilines is 1. The number of nitrogens with one attached hydrogen (secondary N) is 1. The summed E-state index contributed by atoms with van der Waals surface area (Å²) in [4.78, 5) is 28.9. The number of ether oxygens (including phenoxy) is 2. The second kappa shape index (κ2) is 7.53. The van der Waals surface area contributed by atoms with Crippen LogP contribution in [0.15, 0.2) is 41.9 Å². The van der Waals surface area contributed by atoms with Crippen LogP contribution in [-0.4, -0.2) is 30.1 Å². The van der Waals surface area contributed by atoms with Gasteiger partial charge in [-0.25, -0.2) is 9.78 Å². The number of benzene rings is 2. The van der Waals surface area contributed by atoms with Gasteiger partial charge in [0, 0.05) is 0 Å². The molecule has 7 heteroatoms. The molecule has 0 aliphatic heterocycles. The van der Waals surface area contributed by atoms with Gasteiger partial charge in [-0.05, 0) is 49.7 Å². The number of nitrogens with zero attached hydrogens (tertiary/aromatic N) is 1. The Hall–Kier alpha value is -2.93. The van der Waals surface area contributed by atoms with Crippen molar-refractivity contribution in [2.75, 3.05) is 12.4 Å². The summed E-state index contributed by atoms with van der Waals surface area (Å²) in [5, 5.41) is 2.74. The van der Waals surface area contributed by atoms with E-state index in [1.807, 2.05) is 13.0 Å². The van der Waals surface area contributed by atoms with Crippen molar-refractivity contribution in [1.82, 2.24) is 4.98 Å². The van der Waals surface area contributed by atoms with Crippen LogP contribution >= 0.6 is 11.3 Å². The Labute approximate surface area is 154 Å². The normalized spacial score (nSPS) is 11.8. The molecule has 0 aliphatic rings. The predicted molar refractivity (Wildman–Crippen MR) is 101 cm³/mol. The molecule has 1 heterocycles. The van der Waals surface area contributed by atoms with E-state index >= 15 is 0 Å². The number of aryl methyl sites for hydroxylation is 1. The zero-order valence-electron chi connectivity index (χ0n) is 14.6. The van der Waals surface area contributed by atoms with Gasteiger partial charge in [0.25, 0.3) is 5.91 Å². The fourth-order valence-corrected chi connectivity index (χ4v) is 3.13. The van der Waals surface area contributed by atoms with Gasteiger partial charge in [0.2, 0.25) is 0 Å². The third kappa shape index (κ3) is 3.83. The average molecular weight is 370 g/mol. The molecule has 3 aromatic rings. The first kappa shape index (κ1) is 17.9. The Morgan fingerprint density at radius 1 is 1.19 bits per heavy atom. The lowest BCUT2D eigenvalue weighted by atomic mass is 10.2. The van der Waals surface area contributed by atoms with Gasteiger partial charge in [-0.3, -0.25) is 4.79 Å². The van der Waals surface area contributed by atoms with E-state index in [9.17, 15) is 9.59 Å². The highest BCUT2D eigenvalue weighted by atomic mass is 32.1. The van der Waals surface area contributed by atoms with Crippen LogP contribution in [0.2, 0.25) is 0 Å². The molecule has 0 saturated carbocycles. The van der Waals surface area contributed by atoms with E-state index in [4.69, 9.17) is 9.47 Å². The van der Waals surface area contributed by atoms with E-state index in [-0.39, 0.29) is 0 Å². The minimum Gasteiger partial charge on any atom is -0.495 e. The molecule has 1 amide bonds. The summed E-state index contributed by atoms with van der Waals surface area (Å²) in [6.07, 6.45) is -0.954. The number of aromatic nitrogens is 1. The summed E-state index contributed by atoms with van der Waals surface area (Å²) in [6, 6.07) is 10.6. The van der Waals surface area contributed by atoms with Gasteiger partial charge in [-0.2, -0.15) is 0 Å². The van der Waals surface area contributed by atoms with Gasteiger partial charge < -0.3 is 14.8 Å². The van der Waals surface area contributed by atoms with Crippen LogP contribution in [0.25, 0.3) is 10.2 Å². The van der Waals surface area contributed by atoms with Crippen LogP contribution in [0.3, 0.4) is 0 Å². The molecule has 3 rings (SSSR count). The summed E-state index contributed by atoms with van der Waals surface area (Å²) in [7, 11) is 1.53. The summed E-state index contributed by atoms with van der Waals surface area (Å²) in [5.41, 5.74) is 4.43. The van der Waals surface area contributed by atoms with E-state index in [0.717, 1.165) is 15.8 Å². The third-order valence-electron chi connectivity index (χ3n) is 3.83. The van der Waals surface area contributed by atoms with E-state index < -0.39 is 18.0 Å². The highest BCUT2D eigenvalue weighted by molar-refractivity contribution is 7.16. The van der Waals surface area contributed by atoms with Crippen molar-refractivity contribution in [2.45, 2.75) is 20.0 Å². The molecule has 0 fully saturated rings. The molecular formula is C19H18N2O4S. The maximum atomic E-state index is 12.4. The van der Waals surface area contributed by atoms with E-state index in [1.54, 1.807) is 35.8 Å². The van der Waals surface area contributed by atoms with E-state index in [2.05, 4.69) is 10.3 Å². The number of hydrogen-bond acceptors (Lipinski definition) is 6. The average Bonchev–Trinajstić information content (AvgIpc) is 3.09. The molecule has 6 nitrogen and oxygen atoms in total. The minimum absolute atomic E-state index is 0.384. The number of thiazole rings is 1. The molecule has 1 atom stereocenters. The lowest BCUT2D eigenvalue weighted by Crippen LogP contribution is -2.30. The topological polar surface area (TPSA) is 77.5 Å². The zero-order chi connectivity index (χ0) is 18.7. The second-order valence-corrected chi connectivity index (χ2v) is 6.66. The molecule has 0 aliphatic carbocycles. The molecule has 2 aromatic carbocycles. The predicted octanol–water partition coefficient (Wildman–Crippen LogP) is 3.80. The van der Waals surface area contributed by atoms with Gasteiger partial charge in [0.15, 0.2) is 6.10 Å². The van der Waals surface area contributed by atoms with Crippen molar-refractivity contribution in [2.24, 2.45) is 0 Å². The van der Waals surface area contributed by atoms with Crippen LogP contribution in [0.4, 0.5) is 5.69 Å². The largest absolute Gasteiger partial charge is 0.495 e. The summed E-state index contributed by atoms with van der Waals surface area (Å²) in [6.45, 7) is 3.44. The summed E-state index contributed by atoms with van der Waals surface area (Å²) < 4.78 is 11.4. The lowest BCUT2D eigenvalue weighted by molar-refractivity contribution is -0.123. The summed E-state index contributed by atoms with van der Waals surface area (Å²) >= 11 is 1.44. The highest BCUT2D eigenvalue weighted by Crippen LogP contribution is 2.25. The molecule has 0 spiro atoms. The van der Waals surface area contributed by atoms with Crippen molar-refractivity contribution >= 4 is 39.1 Å². The van der Waals surface area contributed by atoms with Crippen molar-refractivity contribution in [3.63, 3.8) is 0 Å². The Balaban J connectivity index is 1.68. The molecule has 26 heavy (non-hydrogen) atoms. The quantitative estimate of drug-likeness (QED) is 0.691. The van der Waals surface area contributed by atoms with Crippen molar-refractivity contribution in [3.8, 4) is 5.75 Å². The fourth-order valence-electron chi connectivity index (χ4n) is 2.42. The van der Waals surface area contributed by atoms with Gasteiger partial charge in [0.05, 0.1) is 34.1 Å².